The quantitative estimate of drug-likeness (QED) is 0.782. The van der Waals surface area contributed by atoms with Crippen LogP contribution in [0.2, 0.25) is 0 Å². The van der Waals surface area contributed by atoms with E-state index in [9.17, 15) is 0 Å². The minimum absolute atomic E-state index is 0. The molecule has 0 amide bonds. The Morgan fingerprint density at radius 1 is 0.944 bits per heavy atom. The predicted molar refractivity (Wildman–Crippen MR) is 74.1 cm³/mol. The van der Waals surface area contributed by atoms with Crippen molar-refractivity contribution in [3.63, 3.8) is 0 Å². The summed E-state index contributed by atoms with van der Waals surface area (Å²) in [4.78, 5) is 7.68. The highest BCUT2D eigenvalue weighted by Gasteiger charge is 2.02. The first kappa shape index (κ1) is 12.5. The molecule has 1 heterocycles. The molecule has 3 rings (SSSR count). The van der Waals surface area contributed by atoms with Gasteiger partial charge in [-0.1, -0.05) is 30.3 Å². The third kappa shape index (κ3) is 2.63. The average Bonchev–Trinajstić information content (AvgIpc) is 2.80. The first-order chi connectivity index (χ1) is 8.42. The normalized spacial score (nSPS) is 10.0. The summed E-state index contributed by atoms with van der Waals surface area (Å²) in [6.45, 7) is 0.457. The number of hydrogen-bond acceptors (Lipinski definition) is 2. The van der Waals surface area contributed by atoms with E-state index in [1.807, 2.05) is 54.6 Å². The van der Waals surface area contributed by atoms with Gasteiger partial charge >= 0.3 is 0 Å². The first-order valence-electron chi connectivity index (χ1n) is 5.53. The molecule has 0 aliphatic carbocycles. The lowest BCUT2D eigenvalue weighted by molar-refractivity contribution is 0.297. The summed E-state index contributed by atoms with van der Waals surface area (Å²) in [7, 11) is 0. The Morgan fingerprint density at radius 2 is 1.67 bits per heavy atom. The molecule has 18 heavy (non-hydrogen) atoms. The Balaban J connectivity index is 0.00000120. The number of para-hydroxylation sites is 3. The summed E-state index contributed by atoms with van der Waals surface area (Å²) in [6.07, 6.45) is 0. The van der Waals surface area contributed by atoms with Crippen molar-refractivity contribution in [2.24, 2.45) is 0 Å². The molecule has 0 aliphatic heterocycles. The largest absolute Gasteiger partial charge is 0.486 e. The van der Waals surface area contributed by atoms with Crippen LogP contribution in [0.25, 0.3) is 11.0 Å². The van der Waals surface area contributed by atoms with E-state index in [2.05, 4.69) is 9.97 Å². The maximum atomic E-state index is 5.63. The monoisotopic (exact) mass is 260 g/mol. The van der Waals surface area contributed by atoms with Gasteiger partial charge in [0.15, 0.2) is 0 Å². The van der Waals surface area contributed by atoms with Gasteiger partial charge in [-0.15, -0.1) is 12.4 Å². The number of nitrogens with one attached hydrogen (secondary N) is 1. The van der Waals surface area contributed by atoms with E-state index < -0.39 is 0 Å². The molecular weight excluding hydrogens is 248 g/mol. The summed E-state index contributed by atoms with van der Waals surface area (Å²) in [5, 5.41) is 0. The van der Waals surface area contributed by atoms with Crippen LogP contribution in [-0.4, -0.2) is 9.97 Å². The van der Waals surface area contributed by atoms with Crippen molar-refractivity contribution in [3.05, 3.63) is 60.4 Å². The van der Waals surface area contributed by atoms with Gasteiger partial charge in [-0.2, -0.15) is 0 Å². The van der Waals surface area contributed by atoms with Gasteiger partial charge in [-0.3, -0.25) is 0 Å². The van der Waals surface area contributed by atoms with Gasteiger partial charge in [0.2, 0.25) is 0 Å². The lowest BCUT2D eigenvalue weighted by Crippen LogP contribution is -1.96. The van der Waals surface area contributed by atoms with Gasteiger partial charge in [0.05, 0.1) is 11.0 Å². The molecule has 0 radical (unpaired) electrons. The lowest BCUT2D eigenvalue weighted by Gasteiger charge is -2.02. The van der Waals surface area contributed by atoms with Crippen LogP contribution in [-0.2, 0) is 6.61 Å². The fourth-order valence-corrected chi connectivity index (χ4v) is 1.74. The molecule has 0 spiro atoms. The van der Waals surface area contributed by atoms with Crippen molar-refractivity contribution < 1.29 is 4.74 Å². The van der Waals surface area contributed by atoms with Crippen LogP contribution in [0.3, 0.4) is 0 Å². The average molecular weight is 261 g/mol. The third-order valence-corrected chi connectivity index (χ3v) is 2.56. The fourth-order valence-electron chi connectivity index (χ4n) is 1.74. The molecule has 0 unspecified atom stereocenters. The molecular formula is C14H13ClN2O. The Labute approximate surface area is 111 Å². The summed E-state index contributed by atoms with van der Waals surface area (Å²) < 4.78 is 5.63. The number of benzene rings is 2. The number of nitrogens with zero attached hydrogens (tertiary/aromatic N) is 1. The zero-order valence-electron chi connectivity index (χ0n) is 9.67. The molecule has 0 aliphatic rings. The molecule has 4 heteroatoms. The second-order valence-electron chi connectivity index (χ2n) is 3.80. The van der Waals surface area contributed by atoms with E-state index in [0.29, 0.717) is 6.61 Å². The van der Waals surface area contributed by atoms with Gasteiger partial charge < -0.3 is 9.72 Å². The number of hydrogen-bond donors (Lipinski definition) is 1. The minimum atomic E-state index is 0. The SMILES string of the molecule is Cl.c1ccc(OCc2nc3ccccc3[nH]2)cc1. The Kier molecular flexibility index (Phi) is 3.85. The molecule has 0 atom stereocenters. The number of aromatic amines is 1. The van der Waals surface area contributed by atoms with E-state index in [4.69, 9.17) is 4.74 Å². The van der Waals surface area contributed by atoms with Crippen LogP contribution in [0.1, 0.15) is 5.82 Å². The van der Waals surface area contributed by atoms with Crippen molar-refractivity contribution in [2.45, 2.75) is 6.61 Å². The second-order valence-corrected chi connectivity index (χ2v) is 3.80. The maximum absolute atomic E-state index is 5.63. The number of ether oxygens (including phenoxy) is 1. The van der Waals surface area contributed by atoms with Gasteiger partial charge in [-0.25, -0.2) is 4.98 Å². The number of imidazole rings is 1. The number of fused-ring (bicyclic) bond motifs is 1. The van der Waals surface area contributed by atoms with E-state index in [-0.39, 0.29) is 12.4 Å². The number of aromatic nitrogens is 2. The Bertz CT molecular complexity index is 589. The van der Waals surface area contributed by atoms with Crippen molar-refractivity contribution in [3.8, 4) is 5.75 Å². The highest BCUT2D eigenvalue weighted by molar-refractivity contribution is 5.85. The topological polar surface area (TPSA) is 37.9 Å². The molecule has 3 nitrogen and oxygen atoms in total. The van der Waals surface area contributed by atoms with Crippen LogP contribution in [0.5, 0.6) is 5.75 Å². The van der Waals surface area contributed by atoms with Crippen LogP contribution in [0.4, 0.5) is 0 Å². The zero-order chi connectivity index (χ0) is 11.5. The summed E-state index contributed by atoms with van der Waals surface area (Å²) in [5.74, 6) is 1.70. The molecule has 0 bridgehead atoms. The Hall–Kier alpha value is -2.00. The molecule has 3 aromatic rings. The lowest BCUT2D eigenvalue weighted by atomic mass is 10.3. The Morgan fingerprint density at radius 3 is 2.44 bits per heavy atom. The van der Waals surface area contributed by atoms with Crippen molar-refractivity contribution in [2.75, 3.05) is 0 Å². The smallest absolute Gasteiger partial charge is 0.146 e. The van der Waals surface area contributed by atoms with Crippen LogP contribution >= 0.6 is 12.4 Å². The van der Waals surface area contributed by atoms with E-state index in [1.165, 1.54) is 0 Å². The summed E-state index contributed by atoms with van der Waals surface area (Å²) in [6, 6.07) is 17.7. The third-order valence-electron chi connectivity index (χ3n) is 2.56. The van der Waals surface area contributed by atoms with Gasteiger partial charge in [0, 0.05) is 0 Å². The van der Waals surface area contributed by atoms with Gasteiger partial charge in [0.25, 0.3) is 0 Å². The maximum Gasteiger partial charge on any atom is 0.146 e. The van der Waals surface area contributed by atoms with Crippen LogP contribution in [0.15, 0.2) is 54.6 Å². The molecule has 1 N–H and O–H groups in total. The molecule has 0 saturated heterocycles. The van der Waals surface area contributed by atoms with Crippen molar-refractivity contribution in [1.82, 2.24) is 9.97 Å². The molecule has 92 valence electrons. The number of halogens is 1. The van der Waals surface area contributed by atoms with Gasteiger partial charge in [0.1, 0.15) is 18.2 Å². The van der Waals surface area contributed by atoms with E-state index in [1.54, 1.807) is 0 Å². The van der Waals surface area contributed by atoms with Crippen molar-refractivity contribution >= 4 is 23.4 Å². The molecule has 2 aromatic carbocycles. The van der Waals surface area contributed by atoms with E-state index >= 15 is 0 Å². The number of H-pyrrole nitrogens is 1. The summed E-state index contributed by atoms with van der Waals surface area (Å²) >= 11 is 0. The standard InChI is InChI=1S/C14H12N2O.ClH/c1-2-6-11(7-3-1)17-10-14-15-12-8-4-5-9-13(12)16-14;/h1-9H,10H2,(H,15,16);1H. The first-order valence-corrected chi connectivity index (χ1v) is 5.53. The predicted octanol–water partition coefficient (Wildman–Crippen LogP) is 3.56. The molecule has 0 saturated carbocycles. The van der Waals surface area contributed by atoms with Crippen LogP contribution < -0.4 is 4.74 Å². The molecule has 1 aromatic heterocycles. The highest BCUT2D eigenvalue weighted by Crippen LogP contribution is 2.13. The minimum Gasteiger partial charge on any atom is -0.486 e. The highest BCUT2D eigenvalue weighted by atomic mass is 35.5. The van der Waals surface area contributed by atoms with Gasteiger partial charge in [-0.05, 0) is 24.3 Å². The number of rotatable bonds is 3. The second kappa shape index (κ2) is 5.56. The van der Waals surface area contributed by atoms with Crippen LogP contribution in [0, 0.1) is 0 Å². The zero-order valence-corrected chi connectivity index (χ0v) is 10.5. The molecule has 0 fully saturated rings. The van der Waals surface area contributed by atoms with Crippen molar-refractivity contribution in [1.29, 1.82) is 0 Å². The summed E-state index contributed by atoms with van der Waals surface area (Å²) in [5.41, 5.74) is 2.01. The fraction of sp³-hybridized carbons (Fsp3) is 0.0714. The van der Waals surface area contributed by atoms with E-state index in [0.717, 1.165) is 22.6 Å².